The van der Waals surface area contributed by atoms with Gasteiger partial charge in [0, 0.05) is 37.5 Å². The summed E-state index contributed by atoms with van der Waals surface area (Å²) >= 11 is 0. The number of benzene rings is 1. The quantitative estimate of drug-likeness (QED) is 0.0417. The van der Waals surface area contributed by atoms with Crippen LogP contribution in [0, 0.1) is 0 Å². The van der Waals surface area contributed by atoms with Crippen molar-refractivity contribution in [3.63, 3.8) is 0 Å². The molecule has 1 fully saturated rings. The number of nitrogens with one attached hydrogen (secondary N) is 5. The summed E-state index contributed by atoms with van der Waals surface area (Å²) in [5.41, 5.74) is 5.22. The van der Waals surface area contributed by atoms with Gasteiger partial charge >= 0.3 is 5.97 Å². The average molecular weight is 832 g/mol. The first-order valence-corrected chi connectivity index (χ1v) is 20.8. The highest BCUT2D eigenvalue weighted by Crippen LogP contribution is 2.65. The molecule has 1 aromatic carbocycles. The first-order valence-electron chi connectivity index (χ1n) is 20.8. The Balaban J connectivity index is 1.23. The lowest BCUT2D eigenvalue weighted by Gasteiger charge is -2.61. The molecule has 2 heterocycles. The van der Waals surface area contributed by atoms with Crippen molar-refractivity contribution in [2.75, 3.05) is 101 Å². The number of amides is 3. The second-order valence-corrected chi connectivity index (χ2v) is 15.5. The van der Waals surface area contributed by atoms with Crippen LogP contribution in [0.3, 0.4) is 0 Å². The van der Waals surface area contributed by atoms with E-state index < -0.39 is 41.1 Å². The number of likely N-dealkylation sites (N-methyl/N-ethyl adjacent to an activating group) is 2. The number of aliphatic hydroxyl groups is 1. The Labute approximate surface area is 346 Å². The van der Waals surface area contributed by atoms with E-state index in [1.165, 1.54) is 0 Å². The van der Waals surface area contributed by atoms with Gasteiger partial charge < -0.3 is 70.7 Å². The molecule has 1 unspecified atom stereocenters. The van der Waals surface area contributed by atoms with Gasteiger partial charge in [-0.25, -0.2) is 4.79 Å². The molecule has 8 N–H and O–H groups in total. The van der Waals surface area contributed by atoms with Gasteiger partial charge in [-0.1, -0.05) is 12.5 Å². The molecule has 18 heteroatoms. The van der Waals surface area contributed by atoms with E-state index in [-0.39, 0.29) is 62.6 Å². The molecule has 4 aliphatic rings. The summed E-state index contributed by atoms with van der Waals surface area (Å²) in [6, 6.07) is 1.94. The molecule has 0 saturated carbocycles. The molecule has 1 aromatic rings. The largest absolute Gasteiger partial charge is 0.493 e. The molecule has 330 valence electrons. The number of hydrogen-bond acceptors (Lipinski definition) is 15. The smallest absolute Gasteiger partial charge is 0.333 e. The lowest BCUT2D eigenvalue weighted by Crippen LogP contribution is -2.74. The van der Waals surface area contributed by atoms with E-state index in [1.54, 1.807) is 20.2 Å². The summed E-state index contributed by atoms with van der Waals surface area (Å²) in [7, 11) is 7.13. The van der Waals surface area contributed by atoms with E-state index in [4.69, 9.17) is 34.2 Å². The van der Waals surface area contributed by atoms with Gasteiger partial charge in [0.1, 0.15) is 11.8 Å². The highest BCUT2D eigenvalue weighted by Gasteiger charge is 2.72. The van der Waals surface area contributed by atoms with Crippen molar-refractivity contribution in [1.82, 2.24) is 31.5 Å². The number of carbonyl (C=O) groups excluding carboxylic acids is 4. The predicted molar refractivity (Wildman–Crippen MR) is 217 cm³/mol. The third-order valence-corrected chi connectivity index (χ3v) is 11.9. The monoisotopic (exact) mass is 831 g/mol. The Hall–Kier alpha value is -3.88. The fraction of sp³-hybridized carbons (Fsp3) is 0.707. The van der Waals surface area contributed by atoms with Gasteiger partial charge in [0.05, 0.1) is 70.4 Å². The molecule has 2 aliphatic carbocycles. The Morgan fingerprint density at radius 2 is 1.71 bits per heavy atom. The molecule has 2 aliphatic heterocycles. The van der Waals surface area contributed by atoms with E-state index in [0.29, 0.717) is 76.9 Å². The van der Waals surface area contributed by atoms with Crippen molar-refractivity contribution < 1.29 is 52.7 Å². The molecule has 1 saturated heterocycles. The van der Waals surface area contributed by atoms with Gasteiger partial charge in [0.25, 0.3) is 0 Å². The van der Waals surface area contributed by atoms with Gasteiger partial charge in [-0.05, 0) is 84.0 Å². The number of likely N-dealkylation sites (tertiary alicyclic amines) is 1. The third-order valence-electron chi connectivity index (χ3n) is 11.9. The first kappa shape index (κ1) is 46.2. The van der Waals surface area contributed by atoms with Crippen LogP contribution >= 0.6 is 0 Å². The van der Waals surface area contributed by atoms with Crippen LogP contribution in [-0.4, -0.2) is 164 Å². The zero-order chi connectivity index (χ0) is 42.4. The maximum Gasteiger partial charge on any atom is 0.333 e. The standard InChI is InChI=1S/C41H65N7O11/c1-43-16-6-5-7-28(44-2)38(51)46-26-34(50)47-29(9-11-33(49)45-17-20-56-22-24-57-23-21-55-19-15-42)39(52)58-31-12-13-41(53)32-25-27-8-10-30(54-4)36-35(27)40(41,37(31)59-36)14-18-48(32)3/h8,10,12,28-29,32,37,43-44,53H,5-7,9,11,13-26,42H2,1-4H3,(H,45,49)(H,46,51)(H,47,50)/t28-,29?,32+,37-,40-,41+/m1/s1. The molecule has 0 aromatic heterocycles. The van der Waals surface area contributed by atoms with Crippen molar-refractivity contribution in [3.05, 3.63) is 35.1 Å². The zero-order valence-corrected chi connectivity index (χ0v) is 35.0. The summed E-state index contributed by atoms with van der Waals surface area (Å²) in [5.74, 6) is -0.834. The van der Waals surface area contributed by atoms with Crippen LogP contribution in [0.25, 0.3) is 0 Å². The minimum absolute atomic E-state index is 0.0885. The average Bonchev–Trinajstić information content (AvgIpc) is 3.59. The van der Waals surface area contributed by atoms with Gasteiger partial charge in [-0.3, -0.25) is 14.4 Å². The van der Waals surface area contributed by atoms with Crippen molar-refractivity contribution in [3.8, 4) is 11.5 Å². The van der Waals surface area contributed by atoms with Gasteiger partial charge in [-0.2, -0.15) is 0 Å². The molecule has 18 nitrogen and oxygen atoms in total. The Kier molecular flexibility index (Phi) is 17.3. The number of nitrogens with two attached hydrogens (primary N) is 1. The maximum atomic E-state index is 14.1. The highest BCUT2D eigenvalue weighted by molar-refractivity contribution is 5.90. The van der Waals surface area contributed by atoms with E-state index in [2.05, 4.69) is 31.5 Å². The Morgan fingerprint density at radius 3 is 2.42 bits per heavy atom. The van der Waals surface area contributed by atoms with Crippen LogP contribution in [0.4, 0.5) is 0 Å². The Morgan fingerprint density at radius 1 is 0.966 bits per heavy atom. The fourth-order valence-electron chi connectivity index (χ4n) is 8.87. The number of unbranched alkanes of at least 4 members (excludes halogenated alkanes) is 1. The number of ether oxygens (including phenoxy) is 6. The van der Waals surface area contributed by atoms with Crippen LogP contribution in [-0.2, 0) is 50.0 Å². The normalized spacial score (nSPS) is 23.6. The maximum absolute atomic E-state index is 14.1. The second kappa shape index (κ2) is 22.1. The summed E-state index contributed by atoms with van der Waals surface area (Å²) in [6.45, 7) is 4.13. The summed E-state index contributed by atoms with van der Waals surface area (Å²) in [5, 5.41) is 26.8. The van der Waals surface area contributed by atoms with E-state index in [1.807, 2.05) is 26.2 Å². The summed E-state index contributed by atoms with van der Waals surface area (Å²) in [4.78, 5) is 55.5. The van der Waals surface area contributed by atoms with Crippen LogP contribution in [0.2, 0.25) is 0 Å². The van der Waals surface area contributed by atoms with Crippen LogP contribution in [0.1, 0.15) is 56.1 Å². The minimum atomic E-state index is -1.25. The summed E-state index contributed by atoms with van der Waals surface area (Å²) in [6.07, 6.45) is 4.35. The predicted octanol–water partition coefficient (Wildman–Crippen LogP) is -1.00. The second-order valence-electron chi connectivity index (χ2n) is 15.5. The molecule has 2 bridgehead atoms. The van der Waals surface area contributed by atoms with E-state index in [0.717, 1.165) is 30.5 Å². The zero-order valence-electron chi connectivity index (χ0n) is 35.0. The molecule has 0 radical (unpaired) electrons. The first-order chi connectivity index (χ1) is 28.5. The molecule has 3 amide bonds. The number of rotatable bonds is 27. The number of hydrogen-bond donors (Lipinski definition) is 7. The van der Waals surface area contributed by atoms with Crippen molar-refractivity contribution in [2.45, 2.75) is 86.6 Å². The number of nitrogens with zero attached hydrogens (tertiary/aromatic N) is 1. The van der Waals surface area contributed by atoms with Gasteiger partial charge in [-0.15, -0.1) is 0 Å². The van der Waals surface area contributed by atoms with E-state index >= 15 is 0 Å². The van der Waals surface area contributed by atoms with Crippen LogP contribution < -0.4 is 41.8 Å². The Bertz CT molecular complexity index is 1630. The highest BCUT2D eigenvalue weighted by atomic mass is 16.6. The number of esters is 1. The molecule has 59 heavy (non-hydrogen) atoms. The fourth-order valence-corrected chi connectivity index (χ4v) is 8.87. The molecule has 1 spiro atoms. The third kappa shape index (κ3) is 10.7. The SMILES string of the molecule is CNCCCC[C@@H](NC)C(=O)NCC(=O)NC(CCC(=O)NCCOCCOCCOCCN)C(=O)OC1=CC[C@]2(O)[C@@H]3Cc4ccc(OC)c5c4[C@]2(CCN3C)[C@@H]1O5. The number of carbonyl (C=O) groups is 4. The summed E-state index contributed by atoms with van der Waals surface area (Å²) < 4.78 is 34.7. The lowest BCUT2D eigenvalue weighted by atomic mass is 9.50. The number of methoxy groups -OCH3 is 1. The van der Waals surface area contributed by atoms with Crippen molar-refractivity contribution >= 4 is 23.7 Å². The molecular formula is C41H65N7O11. The molecule has 5 rings (SSSR count). The van der Waals surface area contributed by atoms with Gasteiger partial charge in [0.2, 0.25) is 17.7 Å². The lowest BCUT2D eigenvalue weighted by molar-refractivity contribution is -0.170. The minimum Gasteiger partial charge on any atom is -0.493 e. The van der Waals surface area contributed by atoms with E-state index in [9.17, 15) is 24.3 Å². The van der Waals surface area contributed by atoms with Crippen molar-refractivity contribution in [1.29, 1.82) is 0 Å². The molecule has 6 atom stereocenters. The molecular weight excluding hydrogens is 766 g/mol. The topological polar surface area (TPSA) is 233 Å². The van der Waals surface area contributed by atoms with Crippen molar-refractivity contribution in [2.24, 2.45) is 5.73 Å². The van der Waals surface area contributed by atoms with Gasteiger partial charge in [0.15, 0.2) is 17.6 Å². The number of piperidine rings is 1. The van der Waals surface area contributed by atoms with Crippen LogP contribution in [0.15, 0.2) is 24.0 Å². The van der Waals surface area contributed by atoms with Crippen LogP contribution in [0.5, 0.6) is 11.5 Å².